The van der Waals surface area contributed by atoms with Crippen LogP contribution in [0.3, 0.4) is 0 Å². The quantitative estimate of drug-likeness (QED) is 0.674. The third kappa shape index (κ3) is 4.27. The van der Waals surface area contributed by atoms with Gasteiger partial charge in [0.25, 0.3) is 5.56 Å². The van der Waals surface area contributed by atoms with Crippen LogP contribution in [0.5, 0.6) is 0 Å². The van der Waals surface area contributed by atoms with Crippen molar-refractivity contribution in [2.24, 2.45) is 0 Å². The number of sulfonamides is 1. The third-order valence-corrected chi connectivity index (χ3v) is 7.09. The van der Waals surface area contributed by atoms with Gasteiger partial charge in [0.2, 0.25) is 10.0 Å². The molecule has 7 heteroatoms. The zero-order valence-corrected chi connectivity index (χ0v) is 17.1. The molecule has 4 rings (SSSR count). The molecule has 0 unspecified atom stereocenters. The number of ether oxygens (including phenoxy) is 1. The average Bonchev–Trinajstić information content (AvgIpc) is 3.21. The third-order valence-electron chi connectivity index (χ3n) is 5.27. The van der Waals surface area contributed by atoms with Gasteiger partial charge in [0.15, 0.2) is 0 Å². The van der Waals surface area contributed by atoms with Crippen molar-refractivity contribution in [2.75, 3.05) is 13.2 Å². The van der Waals surface area contributed by atoms with Crippen LogP contribution in [0.15, 0.2) is 64.3 Å². The Morgan fingerprint density at radius 1 is 1.14 bits per heavy atom. The van der Waals surface area contributed by atoms with E-state index in [9.17, 15) is 13.2 Å². The first kappa shape index (κ1) is 19.8. The normalized spacial score (nSPS) is 17.2. The van der Waals surface area contributed by atoms with E-state index >= 15 is 0 Å². The van der Waals surface area contributed by atoms with Gasteiger partial charge in [-0.25, -0.2) is 8.42 Å². The van der Waals surface area contributed by atoms with Crippen LogP contribution in [0.1, 0.15) is 24.0 Å². The number of aryl methyl sites for hydroxylation is 1. The van der Waals surface area contributed by atoms with E-state index in [1.807, 2.05) is 31.2 Å². The summed E-state index contributed by atoms with van der Waals surface area (Å²) in [5.41, 5.74) is 1.85. The van der Waals surface area contributed by atoms with E-state index in [0.717, 1.165) is 29.3 Å². The molecule has 2 aromatic carbocycles. The monoisotopic (exact) mass is 412 g/mol. The number of para-hydroxylation sites is 1. The van der Waals surface area contributed by atoms with Gasteiger partial charge in [-0.1, -0.05) is 35.9 Å². The number of hydrogen-bond donors (Lipinski definition) is 1. The number of nitrogens with zero attached hydrogens (tertiary/aromatic N) is 1. The molecule has 1 atom stereocenters. The number of H-pyrrole nitrogens is 1. The zero-order chi connectivity index (χ0) is 20.4. The Kier molecular flexibility index (Phi) is 5.54. The number of hydrogen-bond acceptors (Lipinski definition) is 4. The first-order valence-corrected chi connectivity index (χ1v) is 11.2. The molecule has 1 aliphatic heterocycles. The van der Waals surface area contributed by atoms with E-state index in [2.05, 4.69) is 4.98 Å². The predicted molar refractivity (Wildman–Crippen MR) is 112 cm³/mol. The van der Waals surface area contributed by atoms with Crippen molar-refractivity contribution in [3.05, 3.63) is 76.1 Å². The molecule has 1 aromatic heterocycles. The first-order valence-electron chi connectivity index (χ1n) is 9.73. The van der Waals surface area contributed by atoms with Crippen molar-refractivity contribution in [1.29, 1.82) is 0 Å². The van der Waals surface area contributed by atoms with Crippen LogP contribution in [0.4, 0.5) is 0 Å². The molecule has 0 aliphatic carbocycles. The minimum atomic E-state index is -3.77. The molecule has 1 aliphatic rings. The summed E-state index contributed by atoms with van der Waals surface area (Å²) in [6, 6.07) is 16.0. The number of aromatic amines is 1. The highest BCUT2D eigenvalue weighted by Crippen LogP contribution is 2.23. The van der Waals surface area contributed by atoms with Gasteiger partial charge in [-0.15, -0.1) is 0 Å². The number of rotatable bonds is 6. The van der Waals surface area contributed by atoms with Crippen molar-refractivity contribution in [2.45, 2.75) is 37.3 Å². The SMILES string of the molecule is Cc1ccc(S(=O)(=O)N(Cc2cc3ccccc3[nH]c2=O)C[C@H]2CCCO2)cc1. The Labute approximate surface area is 170 Å². The van der Waals surface area contributed by atoms with Gasteiger partial charge in [0.1, 0.15) is 0 Å². The summed E-state index contributed by atoms with van der Waals surface area (Å²) in [7, 11) is -3.77. The van der Waals surface area contributed by atoms with Crippen LogP contribution >= 0.6 is 0 Å². The minimum absolute atomic E-state index is 0.00373. The van der Waals surface area contributed by atoms with Gasteiger partial charge < -0.3 is 9.72 Å². The van der Waals surface area contributed by atoms with Gasteiger partial charge >= 0.3 is 0 Å². The highest BCUT2D eigenvalue weighted by atomic mass is 32.2. The van der Waals surface area contributed by atoms with Crippen LogP contribution in [0.2, 0.25) is 0 Å². The van der Waals surface area contributed by atoms with Gasteiger partial charge in [-0.3, -0.25) is 4.79 Å². The maximum atomic E-state index is 13.4. The lowest BCUT2D eigenvalue weighted by atomic mass is 10.1. The molecule has 1 fully saturated rings. The molecule has 3 aromatic rings. The molecule has 152 valence electrons. The van der Waals surface area contributed by atoms with Crippen molar-refractivity contribution in [3.8, 4) is 0 Å². The van der Waals surface area contributed by atoms with E-state index in [4.69, 9.17) is 4.74 Å². The second-order valence-corrected chi connectivity index (χ2v) is 9.39. The van der Waals surface area contributed by atoms with E-state index < -0.39 is 10.0 Å². The smallest absolute Gasteiger partial charge is 0.252 e. The van der Waals surface area contributed by atoms with Gasteiger partial charge in [0.05, 0.1) is 11.0 Å². The van der Waals surface area contributed by atoms with Crippen molar-refractivity contribution in [3.63, 3.8) is 0 Å². The Hall–Kier alpha value is -2.48. The molecule has 0 radical (unpaired) electrons. The molecule has 0 bridgehead atoms. The van der Waals surface area contributed by atoms with E-state index in [1.165, 1.54) is 4.31 Å². The lowest BCUT2D eigenvalue weighted by Crippen LogP contribution is -2.38. The van der Waals surface area contributed by atoms with Gasteiger partial charge in [0, 0.05) is 30.8 Å². The number of fused-ring (bicyclic) bond motifs is 1. The number of nitrogens with one attached hydrogen (secondary N) is 1. The van der Waals surface area contributed by atoms with E-state index in [0.29, 0.717) is 12.2 Å². The Morgan fingerprint density at radius 2 is 1.90 bits per heavy atom. The molecule has 0 amide bonds. The molecule has 1 N–H and O–H groups in total. The summed E-state index contributed by atoms with van der Waals surface area (Å²) in [5.74, 6) is 0. The molecular formula is C22H24N2O4S. The molecule has 2 heterocycles. The lowest BCUT2D eigenvalue weighted by molar-refractivity contribution is 0.0925. The highest BCUT2D eigenvalue weighted by molar-refractivity contribution is 7.89. The molecule has 1 saturated heterocycles. The number of benzene rings is 2. The Morgan fingerprint density at radius 3 is 2.62 bits per heavy atom. The summed E-state index contributed by atoms with van der Waals surface area (Å²) in [6.45, 7) is 2.77. The van der Waals surface area contributed by atoms with Crippen LogP contribution < -0.4 is 5.56 Å². The molecule has 6 nitrogen and oxygen atoms in total. The fourth-order valence-corrected chi connectivity index (χ4v) is 5.07. The van der Waals surface area contributed by atoms with Crippen LogP contribution in [0.25, 0.3) is 10.9 Å². The average molecular weight is 413 g/mol. The maximum Gasteiger partial charge on any atom is 0.252 e. The van der Waals surface area contributed by atoms with Gasteiger partial charge in [-0.2, -0.15) is 4.31 Å². The number of pyridine rings is 1. The van der Waals surface area contributed by atoms with E-state index in [1.54, 1.807) is 30.3 Å². The largest absolute Gasteiger partial charge is 0.377 e. The minimum Gasteiger partial charge on any atom is -0.377 e. The molecular weight excluding hydrogens is 388 g/mol. The van der Waals surface area contributed by atoms with Crippen LogP contribution in [0, 0.1) is 6.92 Å². The van der Waals surface area contributed by atoms with Crippen molar-refractivity contribution in [1.82, 2.24) is 9.29 Å². The zero-order valence-electron chi connectivity index (χ0n) is 16.3. The van der Waals surface area contributed by atoms with Crippen molar-refractivity contribution < 1.29 is 13.2 Å². The van der Waals surface area contributed by atoms with Gasteiger partial charge in [-0.05, 0) is 49.4 Å². The predicted octanol–water partition coefficient (Wildman–Crippen LogP) is 3.21. The maximum absolute atomic E-state index is 13.4. The van der Waals surface area contributed by atoms with Crippen molar-refractivity contribution >= 4 is 20.9 Å². The second kappa shape index (κ2) is 8.10. The standard InChI is InChI=1S/C22H24N2O4S/c1-16-8-10-20(11-9-16)29(26,27)24(15-19-6-4-12-28-19)14-18-13-17-5-2-3-7-21(17)23-22(18)25/h2-3,5,7-11,13,19H,4,6,12,14-15H2,1H3,(H,23,25)/t19-/m1/s1. The first-order chi connectivity index (χ1) is 13.9. The topological polar surface area (TPSA) is 79.5 Å². The lowest BCUT2D eigenvalue weighted by Gasteiger charge is -2.25. The highest BCUT2D eigenvalue weighted by Gasteiger charge is 2.30. The summed E-state index contributed by atoms with van der Waals surface area (Å²) in [4.78, 5) is 15.7. The second-order valence-electron chi connectivity index (χ2n) is 7.46. The summed E-state index contributed by atoms with van der Waals surface area (Å²) in [6.07, 6.45) is 1.57. The Bertz CT molecular complexity index is 1160. The molecule has 0 saturated carbocycles. The molecule has 0 spiro atoms. The van der Waals surface area contributed by atoms with E-state index in [-0.39, 0.29) is 29.6 Å². The Balaban J connectivity index is 1.71. The van der Waals surface area contributed by atoms with Crippen LogP contribution in [-0.2, 0) is 21.3 Å². The summed E-state index contributed by atoms with van der Waals surface area (Å²) < 4.78 is 33.8. The summed E-state index contributed by atoms with van der Waals surface area (Å²) >= 11 is 0. The fourth-order valence-electron chi connectivity index (χ4n) is 3.62. The fraction of sp³-hybridized carbons (Fsp3) is 0.318. The summed E-state index contributed by atoms with van der Waals surface area (Å²) in [5, 5.41) is 0.868. The van der Waals surface area contributed by atoms with Crippen LogP contribution in [-0.4, -0.2) is 37.0 Å². The number of aromatic nitrogens is 1. The molecule has 29 heavy (non-hydrogen) atoms.